The molecule has 1 N–H and O–H groups in total. The average Bonchev–Trinajstić information content (AvgIpc) is 3.40. The summed E-state index contributed by atoms with van der Waals surface area (Å²) >= 11 is 1.66. The Bertz CT molecular complexity index is 1130. The number of thiazole rings is 1. The Hall–Kier alpha value is -2.33. The van der Waals surface area contributed by atoms with E-state index in [9.17, 15) is 0 Å². The fraction of sp³-hybridized carbons (Fsp3) is 0.542. The summed E-state index contributed by atoms with van der Waals surface area (Å²) in [6.07, 6.45) is 0.778. The number of hydrogen-bond acceptors (Lipinski definition) is 9. The number of aromatic nitrogens is 3. The van der Waals surface area contributed by atoms with E-state index in [0.717, 1.165) is 38.7 Å². The molecular weight excluding hydrogens is 438 g/mol. The highest BCUT2D eigenvalue weighted by Crippen LogP contribution is 2.44. The fourth-order valence-corrected chi connectivity index (χ4v) is 5.94. The van der Waals surface area contributed by atoms with E-state index in [1.54, 1.807) is 18.4 Å². The van der Waals surface area contributed by atoms with Crippen LogP contribution in [0.2, 0.25) is 0 Å². The first kappa shape index (κ1) is 22.5. The SMILES string of the molecule is COC[C@H]1C[C@@H](Nc2nc(N(C)C)nc(C)c2-c2nc3ccccc3s2)[C@@H]2OC(C)(C)O[C@H]12. The van der Waals surface area contributed by atoms with Gasteiger partial charge in [0, 0.05) is 27.1 Å². The van der Waals surface area contributed by atoms with Gasteiger partial charge in [0.2, 0.25) is 5.95 Å². The Kier molecular flexibility index (Phi) is 5.76. The molecule has 0 unspecified atom stereocenters. The number of aryl methyl sites for hydroxylation is 1. The van der Waals surface area contributed by atoms with Crippen molar-refractivity contribution in [1.29, 1.82) is 0 Å². The maximum atomic E-state index is 6.33. The Balaban J connectivity index is 1.55. The third-order valence-electron chi connectivity index (χ3n) is 6.27. The van der Waals surface area contributed by atoms with Gasteiger partial charge in [-0.05, 0) is 39.3 Å². The van der Waals surface area contributed by atoms with Crippen molar-refractivity contribution < 1.29 is 14.2 Å². The molecule has 8 nitrogen and oxygen atoms in total. The smallest absolute Gasteiger partial charge is 0.227 e. The number of methoxy groups -OCH3 is 1. The van der Waals surface area contributed by atoms with Gasteiger partial charge in [0.25, 0.3) is 0 Å². The van der Waals surface area contributed by atoms with E-state index in [-0.39, 0.29) is 24.2 Å². The summed E-state index contributed by atoms with van der Waals surface area (Å²) in [6, 6.07) is 8.22. The maximum Gasteiger partial charge on any atom is 0.227 e. The summed E-state index contributed by atoms with van der Waals surface area (Å²) in [7, 11) is 5.64. The van der Waals surface area contributed by atoms with Crippen LogP contribution in [0, 0.1) is 12.8 Å². The fourth-order valence-electron chi connectivity index (χ4n) is 4.88. The van der Waals surface area contributed by atoms with Crippen molar-refractivity contribution in [1.82, 2.24) is 15.0 Å². The van der Waals surface area contributed by atoms with Crippen molar-refractivity contribution in [3.05, 3.63) is 30.0 Å². The Morgan fingerprint density at radius 3 is 2.64 bits per heavy atom. The number of nitrogens with one attached hydrogen (secondary N) is 1. The minimum absolute atomic E-state index is 0.0143. The first-order valence-electron chi connectivity index (χ1n) is 11.3. The van der Waals surface area contributed by atoms with Crippen LogP contribution in [-0.2, 0) is 14.2 Å². The molecule has 2 aromatic heterocycles. The lowest BCUT2D eigenvalue weighted by Gasteiger charge is -2.25. The van der Waals surface area contributed by atoms with Crippen LogP contribution in [0.15, 0.2) is 24.3 Å². The monoisotopic (exact) mass is 469 g/mol. The molecule has 176 valence electrons. The summed E-state index contributed by atoms with van der Waals surface area (Å²) in [5.74, 6) is 1.07. The van der Waals surface area contributed by atoms with Crippen LogP contribution in [0.3, 0.4) is 0 Å². The van der Waals surface area contributed by atoms with Gasteiger partial charge in [-0.1, -0.05) is 12.1 Å². The average molecular weight is 470 g/mol. The molecule has 3 aromatic rings. The molecule has 0 amide bonds. The van der Waals surface area contributed by atoms with Crippen molar-refractivity contribution in [2.24, 2.45) is 5.92 Å². The van der Waals surface area contributed by atoms with Gasteiger partial charge in [0.1, 0.15) is 16.9 Å². The lowest BCUT2D eigenvalue weighted by atomic mass is 10.1. The molecule has 2 aliphatic rings. The van der Waals surface area contributed by atoms with Gasteiger partial charge >= 0.3 is 0 Å². The van der Waals surface area contributed by atoms with E-state index in [1.807, 2.05) is 58.0 Å². The molecule has 5 rings (SSSR count). The number of benzene rings is 1. The molecule has 0 radical (unpaired) electrons. The number of nitrogens with zero attached hydrogens (tertiary/aromatic N) is 4. The van der Waals surface area contributed by atoms with Crippen LogP contribution >= 0.6 is 11.3 Å². The number of fused-ring (bicyclic) bond motifs is 2. The number of hydrogen-bond donors (Lipinski definition) is 1. The summed E-state index contributed by atoms with van der Waals surface area (Å²) < 4.78 is 19.2. The predicted octanol–water partition coefficient (Wildman–Crippen LogP) is 4.09. The van der Waals surface area contributed by atoms with Crippen molar-refractivity contribution in [3.63, 3.8) is 0 Å². The lowest BCUT2D eigenvalue weighted by molar-refractivity contribution is -0.159. The summed E-state index contributed by atoms with van der Waals surface area (Å²) in [4.78, 5) is 16.5. The van der Waals surface area contributed by atoms with E-state index in [0.29, 0.717) is 12.6 Å². The summed E-state index contributed by atoms with van der Waals surface area (Å²) in [5, 5.41) is 4.62. The number of anilines is 2. The number of ether oxygens (including phenoxy) is 3. The highest BCUT2D eigenvalue weighted by molar-refractivity contribution is 7.21. The zero-order valence-electron chi connectivity index (χ0n) is 20.0. The van der Waals surface area contributed by atoms with Crippen LogP contribution in [0.1, 0.15) is 26.0 Å². The molecule has 33 heavy (non-hydrogen) atoms. The van der Waals surface area contributed by atoms with Crippen LogP contribution in [0.4, 0.5) is 11.8 Å². The number of para-hydroxylation sites is 1. The second kappa shape index (κ2) is 8.47. The van der Waals surface area contributed by atoms with Crippen LogP contribution in [0.5, 0.6) is 0 Å². The zero-order chi connectivity index (χ0) is 23.3. The first-order chi connectivity index (χ1) is 15.8. The van der Waals surface area contributed by atoms with E-state index in [4.69, 9.17) is 29.2 Å². The molecule has 2 fully saturated rings. The molecule has 1 aromatic carbocycles. The van der Waals surface area contributed by atoms with Gasteiger partial charge in [-0.25, -0.2) is 9.97 Å². The minimum Gasteiger partial charge on any atom is -0.384 e. The molecule has 1 aliphatic heterocycles. The maximum absolute atomic E-state index is 6.33. The van der Waals surface area contributed by atoms with E-state index >= 15 is 0 Å². The molecule has 4 atom stereocenters. The first-order valence-corrected chi connectivity index (χ1v) is 12.1. The Morgan fingerprint density at radius 1 is 1.15 bits per heavy atom. The second-order valence-corrected chi connectivity index (χ2v) is 10.5. The van der Waals surface area contributed by atoms with Gasteiger partial charge in [0.05, 0.1) is 40.2 Å². The molecule has 1 saturated heterocycles. The quantitative estimate of drug-likeness (QED) is 0.578. The van der Waals surface area contributed by atoms with Crippen molar-refractivity contribution in [2.45, 2.75) is 51.2 Å². The van der Waals surface area contributed by atoms with Crippen molar-refractivity contribution in [3.8, 4) is 10.6 Å². The minimum atomic E-state index is -0.617. The van der Waals surface area contributed by atoms with Crippen molar-refractivity contribution in [2.75, 3.05) is 38.0 Å². The van der Waals surface area contributed by atoms with Crippen LogP contribution in [-0.4, -0.2) is 66.8 Å². The lowest BCUT2D eigenvalue weighted by Crippen LogP contribution is -2.35. The molecule has 1 aliphatic carbocycles. The molecule has 9 heteroatoms. The third-order valence-corrected chi connectivity index (χ3v) is 7.32. The highest BCUT2D eigenvalue weighted by atomic mass is 32.1. The largest absolute Gasteiger partial charge is 0.384 e. The predicted molar refractivity (Wildman–Crippen MR) is 131 cm³/mol. The summed E-state index contributed by atoms with van der Waals surface area (Å²) in [5.41, 5.74) is 2.81. The topological polar surface area (TPSA) is 81.6 Å². The van der Waals surface area contributed by atoms with Crippen molar-refractivity contribution >= 4 is 33.3 Å². The van der Waals surface area contributed by atoms with E-state index < -0.39 is 5.79 Å². The van der Waals surface area contributed by atoms with Gasteiger partial charge < -0.3 is 24.4 Å². The Morgan fingerprint density at radius 2 is 1.91 bits per heavy atom. The molecule has 0 bridgehead atoms. The van der Waals surface area contributed by atoms with E-state index in [1.165, 1.54) is 0 Å². The van der Waals surface area contributed by atoms with Gasteiger partial charge in [-0.15, -0.1) is 11.3 Å². The molecule has 3 heterocycles. The van der Waals surface area contributed by atoms with Gasteiger partial charge in [-0.2, -0.15) is 4.98 Å². The Labute approximate surface area is 198 Å². The van der Waals surface area contributed by atoms with Gasteiger partial charge in [0.15, 0.2) is 5.79 Å². The summed E-state index contributed by atoms with van der Waals surface area (Å²) in [6.45, 7) is 6.59. The van der Waals surface area contributed by atoms with Crippen LogP contribution in [0.25, 0.3) is 20.8 Å². The number of rotatable bonds is 6. The molecule has 1 saturated carbocycles. The zero-order valence-corrected chi connectivity index (χ0v) is 20.8. The van der Waals surface area contributed by atoms with Gasteiger partial charge in [-0.3, -0.25) is 0 Å². The third kappa shape index (κ3) is 4.19. The molecule has 0 spiro atoms. The van der Waals surface area contributed by atoms with E-state index in [2.05, 4.69) is 11.4 Å². The standard InChI is InChI=1S/C24H31N5O3S/c1-13-18(22-27-15-9-7-8-10-17(15)33-22)21(28-23(25-13)29(4)5)26-16-11-14(12-30-6)19-20(16)32-24(2,3)31-19/h7-10,14,16,19-20H,11-12H2,1-6H3,(H,25,26,28)/t14-,16-,19-,20+/m1/s1. The molecular formula is C24H31N5O3S. The highest BCUT2D eigenvalue weighted by Gasteiger charge is 2.54. The second-order valence-electron chi connectivity index (χ2n) is 9.48. The van der Waals surface area contributed by atoms with Crippen LogP contribution < -0.4 is 10.2 Å². The normalized spacial score (nSPS) is 26.0.